The molecule has 0 aliphatic carbocycles. The highest BCUT2D eigenvalue weighted by molar-refractivity contribution is 7.99. The zero-order valence-corrected chi connectivity index (χ0v) is 14.0. The van der Waals surface area contributed by atoms with Gasteiger partial charge in [0, 0.05) is 10.6 Å². The predicted octanol–water partition coefficient (Wildman–Crippen LogP) is 5.20. The van der Waals surface area contributed by atoms with Gasteiger partial charge in [-0.1, -0.05) is 30.0 Å². The lowest BCUT2D eigenvalue weighted by Gasteiger charge is -2.27. The number of thioether (sulfide) groups is 1. The predicted molar refractivity (Wildman–Crippen MR) is 89.9 cm³/mol. The van der Waals surface area contributed by atoms with Crippen molar-refractivity contribution in [2.75, 3.05) is 5.32 Å². The molecular formula is C17H17F3N2OS. The van der Waals surface area contributed by atoms with E-state index in [0.717, 1.165) is 5.56 Å². The van der Waals surface area contributed by atoms with Crippen LogP contribution < -0.4 is 10.6 Å². The van der Waals surface area contributed by atoms with Crippen LogP contribution in [-0.4, -0.2) is 11.8 Å². The van der Waals surface area contributed by atoms with Crippen LogP contribution in [0.1, 0.15) is 19.4 Å². The standard InChI is InChI=1S/C17H17F3N2OS/c1-17(2,11-6-8-12(18)9-7-11)22-16(23)21-13-4-3-5-14(10-13)24-15(19)20/h3-10,15H,1-2H3,(H2,21,22,23). The Balaban J connectivity index is 2.03. The number of rotatable bonds is 5. The first kappa shape index (κ1) is 18.2. The maximum atomic E-state index is 13.0. The normalized spacial score (nSPS) is 11.4. The Bertz CT molecular complexity index is 705. The van der Waals surface area contributed by atoms with Crippen molar-refractivity contribution in [2.45, 2.75) is 30.0 Å². The van der Waals surface area contributed by atoms with Gasteiger partial charge in [0.2, 0.25) is 0 Å². The van der Waals surface area contributed by atoms with Crippen LogP contribution in [0.25, 0.3) is 0 Å². The van der Waals surface area contributed by atoms with Crippen LogP contribution in [-0.2, 0) is 5.54 Å². The van der Waals surface area contributed by atoms with E-state index in [2.05, 4.69) is 10.6 Å². The van der Waals surface area contributed by atoms with Crippen LogP contribution in [0, 0.1) is 5.82 Å². The topological polar surface area (TPSA) is 41.1 Å². The Morgan fingerprint density at radius 2 is 1.79 bits per heavy atom. The maximum Gasteiger partial charge on any atom is 0.319 e. The molecule has 0 aliphatic heterocycles. The fourth-order valence-electron chi connectivity index (χ4n) is 2.13. The second kappa shape index (κ2) is 7.61. The minimum atomic E-state index is -2.52. The molecule has 3 nitrogen and oxygen atoms in total. The molecule has 0 radical (unpaired) electrons. The first-order valence-corrected chi connectivity index (χ1v) is 8.04. The molecule has 2 rings (SSSR count). The molecule has 2 aromatic rings. The molecule has 0 saturated carbocycles. The van der Waals surface area contributed by atoms with Gasteiger partial charge in [0.15, 0.2) is 0 Å². The molecule has 0 unspecified atom stereocenters. The summed E-state index contributed by atoms with van der Waals surface area (Å²) in [5, 5.41) is 5.38. The molecule has 2 N–H and O–H groups in total. The summed E-state index contributed by atoms with van der Waals surface area (Å²) in [5.41, 5.74) is 0.418. The molecule has 0 fully saturated rings. The lowest BCUT2D eigenvalue weighted by Crippen LogP contribution is -2.43. The van der Waals surface area contributed by atoms with Crippen LogP contribution in [0.2, 0.25) is 0 Å². The van der Waals surface area contributed by atoms with Crippen LogP contribution in [0.15, 0.2) is 53.4 Å². The lowest BCUT2D eigenvalue weighted by atomic mass is 9.94. The molecule has 2 aromatic carbocycles. The van der Waals surface area contributed by atoms with Gasteiger partial charge in [-0.3, -0.25) is 0 Å². The minimum Gasteiger partial charge on any atom is -0.329 e. The maximum absolute atomic E-state index is 13.0. The molecule has 0 aliphatic rings. The second-order valence-corrected chi connectivity index (χ2v) is 6.68. The molecule has 0 spiro atoms. The van der Waals surface area contributed by atoms with Gasteiger partial charge in [-0.2, -0.15) is 8.78 Å². The summed E-state index contributed by atoms with van der Waals surface area (Å²) in [6.45, 7) is 3.56. The van der Waals surface area contributed by atoms with E-state index in [1.54, 1.807) is 44.2 Å². The highest BCUT2D eigenvalue weighted by Gasteiger charge is 2.23. The zero-order valence-electron chi connectivity index (χ0n) is 13.1. The number of carbonyl (C=O) groups is 1. The summed E-state index contributed by atoms with van der Waals surface area (Å²) >= 11 is 0.410. The van der Waals surface area contributed by atoms with E-state index in [1.807, 2.05) is 0 Å². The molecule has 0 bridgehead atoms. The van der Waals surface area contributed by atoms with E-state index in [-0.39, 0.29) is 5.82 Å². The van der Waals surface area contributed by atoms with Crippen molar-refractivity contribution in [3.05, 3.63) is 59.9 Å². The second-order valence-electron chi connectivity index (χ2n) is 5.62. The van der Waals surface area contributed by atoms with Gasteiger partial charge in [-0.25, -0.2) is 9.18 Å². The molecule has 128 valence electrons. The van der Waals surface area contributed by atoms with Gasteiger partial charge >= 0.3 is 6.03 Å². The number of hydrogen-bond acceptors (Lipinski definition) is 2. The molecular weight excluding hydrogens is 337 g/mol. The summed E-state index contributed by atoms with van der Waals surface area (Å²) in [6, 6.07) is 11.6. The van der Waals surface area contributed by atoms with Gasteiger partial charge in [0.05, 0.1) is 5.54 Å². The molecule has 0 atom stereocenters. The Labute approximate surface area is 142 Å². The van der Waals surface area contributed by atoms with Crippen molar-refractivity contribution in [2.24, 2.45) is 0 Å². The smallest absolute Gasteiger partial charge is 0.319 e. The SMILES string of the molecule is CC(C)(NC(=O)Nc1cccc(SC(F)F)c1)c1ccc(F)cc1. The highest BCUT2D eigenvalue weighted by Crippen LogP contribution is 2.27. The Hall–Kier alpha value is -2.15. The summed E-state index contributed by atoms with van der Waals surface area (Å²) < 4.78 is 37.8. The average Bonchev–Trinajstić information content (AvgIpc) is 2.46. The van der Waals surface area contributed by atoms with Gasteiger partial charge < -0.3 is 10.6 Å². The number of benzene rings is 2. The molecule has 24 heavy (non-hydrogen) atoms. The van der Waals surface area contributed by atoms with Gasteiger partial charge in [0.25, 0.3) is 5.76 Å². The van der Waals surface area contributed by atoms with Gasteiger partial charge in [-0.15, -0.1) is 0 Å². The van der Waals surface area contributed by atoms with E-state index in [9.17, 15) is 18.0 Å². The number of nitrogens with one attached hydrogen (secondary N) is 2. The number of hydrogen-bond donors (Lipinski definition) is 2. The van der Waals surface area contributed by atoms with E-state index >= 15 is 0 Å². The van der Waals surface area contributed by atoms with E-state index in [4.69, 9.17) is 0 Å². The number of halogens is 3. The molecule has 7 heteroatoms. The third kappa shape index (κ3) is 5.19. The van der Waals surface area contributed by atoms with Crippen molar-refractivity contribution in [3.8, 4) is 0 Å². The Morgan fingerprint density at radius 3 is 2.42 bits per heavy atom. The monoisotopic (exact) mass is 354 g/mol. The van der Waals surface area contributed by atoms with Crippen LogP contribution in [0.3, 0.4) is 0 Å². The Kier molecular flexibility index (Phi) is 5.77. The molecule has 0 aromatic heterocycles. The quantitative estimate of drug-likeness (QED) is 0.725. The van der Waals surface area contributed by atoms with Crippen molar-refractivity contribution in [1.29, 1.82) is 0 Å². The zero-order chi connectivity index (χ0) is 17.7. The summed E-state index contributed by atoms with van der Waals surface area (Å²) in [5.74, 6) is -2.88. The minimum absolute atomic E-state index is 0.354. The number of alkyl halides is 2. The highest BCUT2D eigenvalue weighted by atomic mass is 32.2. The van der Waals surface area contributed by atoms with Gasteiger partial charge in [0.1, 0.15) is 5.82 Å². The number of anilines is 1. The van der Waals surface area contributed by atoms with E-state index in [1.165, 1.54) is 18.2 Å². The van der Waals surface area contributed by atoms with E-state index < -0.39 is 17.3 Å². The number of amides is 2. The summed E-state index contributed by atoms with van der Waals surface area (Å²) in [7, 11) is 0. The fraction of sp³-hybridized carbons (Fsp3) is 0.235. The third-order valence-electron chi connectivity index (χ3n) is 3.31. The van der Waals surface area contributed by atoms with Crippen LogP contribution >= 0.6 is 11.8 Å². The lowest BCUT2D eigenvalue weighted by molar-refractivity contribution is 0.242. The number of urea groups is 1. The van der Waals surface area contributed by atoms with Crippen LogP contribution in [0.4, 0.5) is 23.7 Å². The van der Waals surface area contributed by atoms with Crippen molar-refractivity contribution >= 4 is 23.5 Å². The van der Waals surface area contributed by atoms with Crippen molar-refractivity contribution < 1.29 is 18.0 Å². The first-order valence-electron chi connectivity index (χ1n) is 7.16. The summed E-state index contributed by atoms with van der Waals surface area (Å²) in [4.78, 5) is 12.5. The first-order chi connectivity index (χ1) is 11.3. The molecule has 2 amide bonds. The summed E-state index contributed by atoms with van der Waals surface area (Å²) in [6.07, 6.45) is 0. The van der Waals surface area contributed by atoms with Crippen molar-refractivity contribution in [3.63, 3.8) is 0 Å². The molecule has 0 saturated heterocycles. The third-order valence-corrected chi connectivity index (χ3v) is 4.01. The number of carbonyl (C=O) groups excluding carboxylic acids is 1. The van der Waals surface area contributed by atoms with Crippen LogP contribution in [0.5, 0.6) is 0 Å². The fourth-order valence-corrected chi connectivity index (χ4v) is 2.69. The average molecular weight is 354 g/mol. The van der Waals surface area contributed by atoms with E-state index in [0.29, 0.717) is 22.3 Å². The van der Waals surface area contributed by atoms with Crippen molar-refractivity contribution in [1.82, 2.24) is 5.32 Å². The van der Waals surface area contributed by atoms with Gasteiger partial charge in [-0.05, 0) is 49.7 Å². The largest absolute Gasteiger partial charge is 0.329 e. The Morgan fingerprint density at radius 1 is 1.12 bits per heavy atom. The molecule has 0 heterocycles.